The number of carbonyl (C=O) groups excluding carboxylic acids is 2. The summed E-state index contributed by atoms with van der Waals surface area (Å²) >= 11 is 0. The van der Waals surface area contributed by atoms with Crippen LogP contribution in [0.1, 0.15) is 41.3 Å². The lowest BCUT2D eigenvalue weighted by molar-refractivity contribution is -0.137. The van der Waals surface area contributed by atoms with Crippen LogP contribution in [0.3, 0.4) is 0 Å². The minimum absolute atomic E-state index is 0.188. The van der Waals surface area contributed by atoms with Crippen molar-refractivity contribution in [2.45, 2.75) is 33.6 Å². The first-order valence-electron chi connectivity index (χ1n) is 6.98. The number of benzene rings is 1. The monoisotopic (exact) mass is 276 g/mol. The summed E-state index contributed by atoms with van der Waals surface area (Å²) in [4.78, 5) is 23.8. The minimum Gasteiger partial charge on any atom is -0.492 e. The van der Waals surface area contributed by atoms with Gasteiger partial charge in [0, 0.05) is 0 Å². The molecule has 0 N–H and O–H groups in total. The summed E-state index contributed by atoms with van der Waals surface area (Å²) in [6.07, 6.45) is 2.35. The van der Waals surface area contributed by atoms with Crippen LogP contribution in [0.2, 0.25) is 0 Å². The van der Waals surface area contributed by atoms with Crippen molar-refractivity contribution >= 4 is 11.8 Å². The summed E-state index contributed by atoms with van der Waals surface area (Å²) in [6, 6.07) is 3.64. The zero-order valence-corrected chi connectivity index (χ0v) is 12.2. The third-order valence-corrected chi connectivity index (χ3v) is 3.28. The summed E-state index contributed by atoms with van der Waals surface area (Å²) in [5.41, 5.74) is 2.11. The molecule has 0 unspecified atom stereocenters. The molecule has 0 aromatic heterocycles. The first kappa shape index (κ1) is 14.6. The van der Waals surface area contributed by atoms with Crippen LogP contribution in [0, 0.1) is 19.8 Å². The van der Waals surface area contributed by atoms with Gasteiger partial charge in [0.1, 0.15) is 5.75 Å². The molecule has 2 rings (SSSR count). The fourth-order valence-corrected chi connectivity index (χ4v) is 2.11. The number of aryl methyl sites for hydroxylation is 2. The van der Waals surface area contributed by atoms with Crippen LogP contribution in [0.25, 0.3) is 0 Å². The third kappa shape index (κ3) is 3.38. The van der Waals surface area contributed by atoms with Gasteiger partial charge in [-0.2, -0.15) is 0 Å². The van der Waals surface area contributed by atoms with Crippen LogP contribution >= 0.6 is 0 Å². The van der Waals surface area contributed by atoms with Crippen molar-refractivity contribution in [2.75, 3.05) is 13.2 Å². The van der Waals surface area contributed by atoms with Crippen molar-refractivity contribution in [3.63, 3.8) is 0 Å². The Morgan fingerprint density at radius 2 is 1.95 bits per heavy atom. The number of Topliss-reactive ketones (excluding diaryl/α,β-unsaturated/α-hetero) is 1. The number of rotatable bonds is 6. The zero-order valence-electron chi connectivity index (χ0n) is 12.2. The highest BCUT2D eigenvalue weighted by atomic mass is 16.5. The molecule has 0 atom stereocenters. The molecule has 0 aliphatic heterocycles. The quantitative estimate of drug-likeness (QED) is 0.455. The van der Waals surface area contributed by atoms with Gasteiger partial charge in [-0.1, -0.05) is 6.07 Å². The lowest BCUT2D eigenvalue weighted by Gasteiger charge is -2.14. The van der Waals surface area contributed by atoms with Crippen molar-refractivity contribution in [1.82, 2.24) is 0 Å². The fourth-order valence-electron chi connectivity index (χ4n) is 2.11. The maximum Gasteiger partial charge on any atom is 0.379 e. The highest BCUT2D eigenvalue weighted by Crippen LogP contribution is 2.32. The van der Waals surface area contributed by atoms with E-state index < -0.39 is 11.8 Å². The molecule has 0 spiro atoms. The minimum atomic E-state index is -0.825. The molecule has 4 heteroatoms. The smallest absolute Gasteiger partial charge is 0.379 e. The highest BCUT2D eigenvalue weighted by Gasteiger charge is 2.26. The Balaban J connectivity index is 2.27. The van der Waals surface area contributed by atoms with Crippen molar-refractivity contribution in [1.29, 1.82) is 0 Å². The van der Waals surface area contributed by atoms with E-state index >= 15 is 0 Å². The summed E-state index contributed by atoms with van der Waals surface area (Å²) in [6.45, 7) is 6.24. The predicted molar refractivity (Wildman–Crippen MR) is 75.1 cm³/mol. The summed E-state index contributed by atoms with van der Waals surface area (Å²) in [5, 5.41) is 0. The first-order chi connectivity index (χ1) is 9.52. The molecule has 108 valence electrons. The van der Waals surface area contributed by atoms with Gasteiger partial charge in [-0.05, 0) is 56.7 Å². The van der Waals surface area contributed by atoms with E-state index in [1.807, 2.05) is 19.9 Å². The second kappa shape index (κ2) is 6.07. The van der Waals surface area contributed by atoms with E-state index in [0.717, 1.165) is 11.1 Å². The van der Waals surface area contributed by atoms with E-state index in [1.165, 1.54) is 12.8 Å². The van der Waals surface area contributed by atoms with Gasteiger partial charge >= 0.3 is 5.97 Å². The lowest BCUT2D eigenvalue weighted by Crippen LogP contribution is -2.19. The van der Waals surface area contributed by atoms with Crippen molar-refractivity contribution in [3.05, 3.63) is 28.8 Å². The van der Waals surface area contributed by atoms with Crippen LogP contribution < -0.4 is 4.74 Å². The topological polar surface area (TPSA) is 52.6 Å². The third-order valence-electron chi connectivity index (χ3n) is 3.28. The SMILES string of the molecule is CCOC(=O)C(=O)c1cc(C)cc(C)c1OCC1CC1. The molecule has 0 bridgehead atoms. The Labute approximate surface area is 119 Å². The standard InChI is InChI=1S/C16H20O4/c1-4-19-16(18)14(17)13-8-10(2)7-11(3)15(13)20-9-12-5-6-12/h7-8,12H,4-6,9H2,1-3H3. The number of esters is 1. The molecular formula is C16H20O4. The molecule has 0 amide bonds. The van der Waals surface area contributed by atoms with Gasteiger partial charge in [0.05, 0.1) is 18.8 Å². The van der Waals surface area contributed by atoms with Crippen LogP contribution in [-0.4, -0.2) is 25.0 Å². The van der Waals surface area contributed by atoms with Gasteiger partial charge in [0.25, 0.3) is 5.78 Å². The Morgan fingerprint density at radius 1 is 1.25 bits per heavy atom. The first-order valence-corrected chi connectivity index (χ1v) is 6.98. The molecule has 1 fully saturated rings. The maximum absolute atomic E-state index is 12.2. The van der Waals surface area contributed by atoms with Gasteiger partial charge < -0.3 is 9.47 Å². The molecule has 1 aromatic carbocycles. The normalized spacial score (nSPS) is 13.9. The highest BCUT2D eigenvalue weighted by molar-refractivity contribution is 6.41. The average Bonchev–Trinajstić information content (AvgIpc) is 3.20. The molecule has 20 heavy (non-hydrogen) atoms. The van der Waals surface area contributed by atoms with E-state index in [0.29, 0.717) is 23.8 Å². The van der Waals surface area contributed by atoms with Gasteiger partial charge in [0.15, 0.2) is 0 Å². The van der Waals surface area contributed by atoms with Crippen LogP contribution in [0.5, 0.6) is 5.75 Å². The van der Waals surface area contributed by atoms with Gasteiger partial charge in [-0.15, -0.1) is 0 Å². The summed E-state index contributed by atoms with van der Waals surface area (Å²) in [7, 11) is 0. The molecule has 1 aliphatic rings. The van der Waals surface area contributed by atoms with E-state index in [9.17, 15) is 9.59 Å². The van der Waals surface area contributed by atoms with Crippen molar-refractivity contribution < 1.29 is 19.1 Å². The zero-order chi connectivity index (χ0) is 14.7. The van der Waals surface area contributed by atoms with Gasteiger partial charge in [-0.25, -0.2) is 4.79 Å². The Hall–Kier alpha value is -1.84. The molecule has 0 saturated heterocycles. The van der Waals surface area contributed by atoms with E-state index in [1.54, 1.807) is 13.0 Å². The fraction of sp³-hybridized carbons (Fsp3) is 0.500. The molecule has 0 radical (unpaired) electrons. The van der Waals surface area contributed by atoms with Crippen LogP contribution in [0.15, 0.2) is 12.1 Å². The molecular weight excluding hydrogens is 256 g/mol. The van der Waals surface area contributed by atoms with E-state index in [4.69, 9.17) is 9.47 Å². The van der Waals surface area contributed by atoms with Crippen LogP contribution in [-0.2, 0) is 9.53 Å². The van der Waals surface area contributed by atoms with E-state index in [2.05, 4.69) is 0 Å². The summed E-state index contributed by atoms with van der Waals surface area (Å²) < 4.78 is 10.6. The Bertz CT molecular complexity index is 530. The Kier molecular flexibility index (Phi) is 4.42. The van der Waals surface area contributed by atoms with Crippen molar-refractivity contribution in [2.24, 2.45) is 5.92 Å². The van der Waals surface area contributed by atoms with Crippen molar-refractivity contribution in [3.8, 4) is 5.75 Å². The second-order valence-corrected chi connectivity index (χ2v) is 5.26. The second-order valence-electron chi connectivity index (χ2n) is 5.26. The maximum atomic E-state index is 12.2. The Morgan fingerprint density at radius 3 is 2.55 bits per heavy atom. The number of ether oxygens (including phenoxy) is 2. The number of ketones is 1. The number of hydrogen-bond donors (Lipinski definition) is 0. The van der Waals surface area contributed by atoms with Gasteiger partial charge in [0.2, 0.25) is 0 Å². The molecule has 0 heterocycles. The van der Waals surface area contributed by atoms with E-state index in [-0.39, 0.29) is 6.61 Å². The predicted octanol–water partition coefficient (Wildman–Crippen LogP) is 2.84. The largest absolute Gasteiger partial charge is 0.492 e. The van der Waals surface area contributed by atoms with Crippen LogP contribution in [0.4, 0.5) is 0 Å². The molecule has 1 aromatic rings. The van der Waals surface area contributed by atoms with Gasteiger partial charge in [-0.3, -0.25) is 4.79 Å². The number of hydrogen-bond acceptors (Lipinski definition) is 4. The molecule has 4 nitrogen and oxygen atoms in total. The lowest BCUT2D eigenvalue weighted by atomic mass is 10.0. The average molecular weight is 276 g/mol. The molecule has 1 saturated carbocycles. The number of carbonyl (C=O) groups is 2. The summed E-state index contributed by atoms with van der Waals surface area (Å²) in [5.74, 6) is -0.361. The molecule has 1 aliphatic carbocycles.